The van der Waals surface area contributed by atoms with Crippen LogP contribution in [0, 0.1) is 0 Å². The van der Waals surface area contributed by atoms with Gasteiger partial charge in [0, 0.05) is 25.7 Å². The number of ether oxygens (including phenoxy) is 1. The molecule has 1 saturated carbocycles. The first-order chi connectivity index (χ1) is 10.3. The van der Waals surface area contributed by atoms with Gasteiger partial charge in [-0.15, -0.1) is 0 Å². The zero-order valence-electron chi connectivity index (χ0n) is 12.5. The average Bonchev–Trinajstić information content (AvgIpc) is 3.33. The van der Waals surface area contributed by atoms with Gasteiger partial charge in [-0.05, 0) is 30.9 Å². The SMILES string of the molecule is CCCCN(c1nc(Cl)nc(N2CCOCC2)n1)C1CC1. The molecule has 1 aliphatic carbocycles. The molecule has 2 fully saturated rings. The largest absolute Gasteiger partial charge is 0.378 e. The van der Waals surface area contributed by atoms with Crippen molar-refractivity contribution in [1.29, 1.82) is 0 Å². The Hall–Kier alpha value is -1.14. The van der Waals surface area contributed by atoms with E-state index < -0.39 is 0 Å². The van der Waals surface area contributed by atoms with Crippen LogP contribution in [0.2, 0.25) is 5.28 Å². The van der Waals surface area contributed by atoms with Crippen LogP contribution in [0.15, 0.2) is 0 Å². The summed E-state index contributed by atoms with van der Waals surface area (Å²) in [5.74, 6) is 1.41. The molecule has 0 aromatic carbocycles. The molecule has 3 rings (SSSR count). The van der Waals surface area contributed by atoms with Crippen LogP contribution in [0.3, 0.4) is 0 Å². The highest BCUT2D eigenvalue weighted by atomic mass is 35.5. The first-order valence-corrected chi connectivity index (χ1v) is 8.16. The predicted molar refractivity (Wildman–Crippen MR) is 83.1 cm³/mol. The van der Waals surface area contributed by atoms with Crippen LogP contribution in [-0.2, 0) is 4.74 Å². The number of unbranched alkanes of at least 4 members (excludes halogenated alkanes) is 1. The topological polar surface area (TPSA) is 54.4 Å². The lowest BCUT2D eigenvalue weighted by Gasteiger charge is -2.28. The summed E-state index contributed by atoms with van der Waals surface area (Å²) in [7, 11) is 0. The Labute approximate surface area is 130 Å². The van der Waals surface area contributed by atoms with E-state index in [2.05, 4.69) is 31.7 Å². The number of anilines is 2. The van der Waals surface area contributed by atoms with Crippen LogP contribution >= 0.6 is 11.6 Å². The van der Waals surface area contributed by atoms with Gasteiger partial charge in [-0.1, -0.05) is 13.3 Å². The lowest BCUT2D eigenvalue weighted by molar-refractivity contribution is 0.122. The molecule has 0 bridgehead atoms. The molecule has 0 N–H and O–H groups in total. The summed E-state index contributed by atoms with van der Waals surface area (Å²) in [6.45, 7) is 6.21. The molecule has 1 saturated heterocycles. The summed E-state index contributed by atoms with van der Waals surface area (Å²) in [4.78, 5) is 17.7. The Bertz CT molecular complexity index is 476. The van der Waals surface area contributed by atoms with Gasteiger partial charge in [0.05, 0.1) is 13.2 Å². The van der Waals surface area contributed by atoms with Gasteiger partial charge in [0.1, 0.15) is 0 Å². The molecule has 116 valence electrons. The van der Waals surface area contributed by atoms with E-state index in [9.17, 15) is 0 Å². The van der Waals surface area contributed by atoms with Crippen LogP contribution in [0.5, 0.6) is 0 Å². The van der Waals surface area contributed by atoms with Crippen LogP contribution < -0.4 is 9.80 Å². The highest BCUT2D eigenvalue weighted by Gasteiger charge is 2.31. The number of nitrogens with zero attached hydrogens (tertiary/aromatic N) is 5. The molecule has 0 atom stereocenters. The van der Waals surface area contributed by atoms with Crippen molar-refractivity contribution < 1.29 is 4.74 Å². The Morgan fingerprint density at radius 3 is 2.67 bits per heavy atom. The zero-order chi connectivity index (χ0) is 14.7. The molecule has 7 heteroatoms. The second-order valence-electron chi connectivity index (χ2n) is 5.58. The minimum absolute atomic E-state index is 0.281. The van der Waals surface area contributed by atoms with Crippen molar-refractivity contribution in [3.8, 4) is 0 Å². The second kappa shape index (κ2) is 6.75. The van der Waals surface area contributed by atoms with Crippen molar-refractivity contribution in [1.82, 2.24) is 15.0 Å². The van der Waals surface area contributed by atoms with E-state index in [1.165, 1.54) is 19.3 Å². The minimum Gasteiger partial charge on any atom is -0.378 e. The van der Waals surface area contributed by atoms with E-state index in [-0.39, 0.29) is 5.28 Å². The lowest BCUT2D eigenvalue weighted by atomic mass is 10.3. The zero-order valence-corrected chi connectivity index (χ0v) is 13.2. The van der Waals surface area contributed by atoms with Gasteiger partial charge < -0.3 is 14.5 Å². The Balaban J connectivity index is 1.81. The van der Waals surface area contributed by atoms with E-state index in [1.54, 1.807) is 0 Å². The first kappa shape index (κ1) is 14.8. The molecule has 0 unspecified atom stereocenters. The van der Waals surface area contributed by atoms with Crippen molar-refractivity contribution >= 4 is 23.5 Å². The monoisotopic (exact) mass is 311 g/mol. The maximum atomic E-state index is 6.13. The molecule has 1 aromatic heterocycles. The van der Waals surface area contributed by atoms with Gasteiger partial charge in [0.15, 0.2) is 0 Å². The number of rotatable bonds is 6. The summed E-state index contributed by atoms with van der Waals surface area (Å²) in [6, 6.07) is 0.576. The fraction of sp³-hybridized carbons (Fsp3) is 0.786. The number of halogens is 1. The molecule has 0 spiro atoms. The molecule has 1 aliphatic heterocycles. The average molecular weight is 312 g/mol. The van der Waals surface area contributed by atoms with E-state index in [1.807, 2.05) is 0 Å². The van der Waals surface area contributed by atoms with Crippen LogP contribution in [0.1, 0.15) is 32.6 Å². The molecule has 0 radical (unpaired) electrons. The van der Waals surface area contributed by atoms with Crippen LogP contribution in [0.4, 0.5) is 11.9 Å². The molecule has 1 aromatic rings. The number of hydrogen-bond acceptors (Lipinski definition) is 6. The Morgan fingerprint density at radius 2 is 2.00 bits per heavy atom. The van der Waals surface area contributed by atoms with Crippen molar-refractivity contribution in [2.24, 2.45) is 0 Å². The first-order valence-electron chi connectivity index (χ1n) is 7.79. The molecule has 2 heterocycles. The fourth-order valence-corrected chi connectivity index (χ4v) is 2.67. The molecule has 6 nitrogen and oxygen atoms in total. The van der Waals surface area contributed by atoms with Gasteiger partial charge in [-0.2, -0.15) is 15.0 Å². The molecular weight excluding hydrogens is 290 g/mol. The lowest BCUT2D eigenvalue weighted by Crippen LogP contribution is -2.38. The van der Waals surface area contributed by atoms with Gasteiger partial charge in [0.25, 0.3) is 0 Å². The summed E-state index contributed by atoms with van der Waals surface area (Å²) in [5, 5.41) is 0.281. The molecule has 21 heavy (non-hydrogen) atoms. The van der Waals surface area contributed by atoms with E-state index in [4.69, 9.17) is 16.3 Å². The minimum atomic E-state index is 0.281. The van der Waals surface area contributed by atoms with Crippen molar-refractivity contribution in [3.63, 3.8) is 0 Å². The smallest absolute Gasteiger partial charge is 0.231 e. The van der Waals surface area contributed by atoms with Gasteiger partial charge >= 0.3 is 0 Å². The summed E-state index contributed by atoms with van der Waals surface area (Å²) in [5.41, 5.74) is 0. The third-order valence-corrected chi connectivity index (χ3v) is 4.04. The van der Waals surface area contributed by atoms with E-state index in [0.29, 0.717) is 25.2 Å². The number of aromatic nitrogens is 3. The molecule has 0 amide bonds. The van der Waals surface area contributed by atoms with Crippen LogP contribution in [0.25, 0.3) is 0 Å². The standard InChI is InChI=1S/C14H22ClN5O/c1-2-3-6-20(11-4-5-11)14-17-12(15)16-13(18-14)19-7-9-21-10-8-19/h11H,2-10H2,1H3. The summed E-state index contributed by atoms with van der Waals surface area (Å²) in [6.07, 6.45) is 4.75. The maximum Gasteiger partial charge on any atom is 0.231 e. The Kier molecular flexibility index (Phi) is 4.75. The molecule has 2 aliphatic rings. The summed E-state index contributed by atoms with van der Waals surface area (Å²) < 4.78 is 5.37. The van der Waals surface area contributed by atoms with Crippen molar-refractivity contribution in [2.75, 3.05) is 42.6 Å². The van der Waals surface area contributed by atoms with Crippen molar-refractivity contribution in [2.45, 2.75) is 38.6 Å². The molecular formula is C14H22ClN5O. The second-order valence-corrected chi connectivity index (χ2v) is 5.92. The summed E-state index contributed by atoms with van der Waals surface area (Å²) >= 11 is 6.13. The highest BCUT2D eigenvalue weighted by Crippen LogP contribution is 2.31. The normalized spacial score (nSPS) is 18.9. The Morgan fingerprint density at radius 1 is 1.24 bits per heavy atom. The predicted octanol–water partition coefficient (Wildman–Crippen LogP) is 2.13. The van der Waals surface area contributed by atoms with Gasteiger partial charge in [-0.25, -0.2) is 0 Å². The van der Waals surface area contributed by atoms with E-state index in [0.717, 1.165) is 32.0 Å². The number of hydrogen-bond donors (Lipinski definition) is 0. The highest BCUT2D eigenvalue weighted by molar-refractivity contribution is 6.28. The third kappa shape index (κ3) is 3.74. The maximum absolute atomic E-state index is 6.13. The fourth-order valence-electron chi connectivity index (χ4n) is 2.52. The third-order valence-electron chi connectivity index (χ3n) is 3.88. The van der Waals surface area contributed by atoms with Crippen LogP contribution in [-0.4, -0.2) is 53.8 Å². The van der Waals surface area contributed by atoms with Gasteiger partial charge in [-0.3, -0.25) is 0 Å². The van der Waals surface area contributed by atoms with Crippen molar-refractivity contribution in [3.05, 3.63) is 5.28 Å². The van der Waals surface area contributed by atoms with E-state index >= 15 is 0 Å². The number of morpholine rings is 1. The van der Waals surface area contributed by atoms with Gasteiger partial charge in [0.2, 0.25) is 17.2 Å². The quantitative estimate of drug-likeness (QED) is 0.802.